The van der Waals surface area contributed by atoms with Crippen LogP contribution in [0.2, 0.25) is 0 Å². The van der Waals surface area contributed by atoms with Gasteiger partial charge in [-0.1, -0.05) is 12.1 Å². The van der Waals surface area contributed by atoms with Gasteiger partial charge in [-0.3, -0.25) is 5.32 Å². The van der Waals surface area contributed by atoms with E-state index >= 15 is 0 Å². The fourth-order valence-electron chi connectivity index (χ4n) is 1.97. The molecule has 0 saturated heterocycles. The summed E-state index contributed by atoms with van der Waals surface area (Å²) in [6, 6.07) is 12.0. The predicted octanol–water partition coefficient (Wildman–Crippen LogP) is 5.27. The summed E-state index contributed by atoms with van der Waals surface area (Å²) < 4.78 is 5.25. The number of hydrogen-bond acceptors (Lipinski definition) is 4. The molecule has 1 unspecified atom stereocenters. The maximum Gasteiger partial charge on any atom is 0.412 e. The Kier molecular flexibility index (Phi) is 5.08. The quantitative estimate of drug-likeness (QED) is 0.807. The number of anilines is 2. The SMILES string of the molecule is CC(Nc1cccc(NC(=O)OC(C)(C)C)c1)c1cccs1. The van der Waals surface area contributed by atoms with Gasteiger partial charge in [0.25, 0.3) is 0 Å². The van der Waals surface area contributed by atoms with Crippen molar-refractivity contribution in [3.8, 4) is 0 Å². The number of carbonyl (C=O) groups excluding carboxylic acids is 1. The molecular weight excluding hydrogens is 296 g/mol. The summed E-state index contributed by atoms with van der Waals surface area (Å²) in [5, 5.41) is 8.24. The highest BCUT2D eigenvalue weighted by Crippen LogP contribution is 2.24. The molecule has 1 heterocycles. The van der Waals surface area contributed by atoms with Crippen LogP contribution in [-0.2, 0) is 4.74 Å². The molecular formula is C17H22N2O2S. The summed E-state index contributed by atoms with van der Waals surface area (Å²) in [5.41, 5.74) is 1.15. The van der Waals surface area contributed by atoms with Gasteiger partial charge in [0.2, 0.25) is 0 Å². The van der Waals surface area contributed by atoms with Gasteiger partial charge in [0.05, 0.1) is 6.04 Å². The number of hydrogen-bond donors (Lipinski definition) is 2. The van der Waals surface area contributed by atoms with Gasteiger partial charge in [0, 0.05) is 16.3 Å². The Morgan fingerprint density at radius 3 is 2.55 bits per heavy atom. The zero-order valence-corrected chi connectivity index (χ0v) is 14.2. The summed E-state index contributed by atoms with van der Waals surface area (Å²) in [4.78, 5) is 13.1. The molecule has 2 aromatic rings. The van der Waals surface area contributed by atoms with Gasteiger partial charge >= 0.3 is 6.09 Å². The standard InChI is InChI=1S/C17H22N2O2S/c1-12(15-9-6-10-22-15)18-13-7-5-8-14(11-13)19-16(20)21-17(2,3)4/h5-12,18H,1-4H3,(H,19,20). The monoisotopic (exact) mass is 318 g/mol. The number of nitrogens with one attached hydrogen (secondary N) is 2. The van der Waals surface area contributed by atoms with Crippen molar-refractivity contribution in [2.75, 3.05) is 10.6 Å². The van der Waals surface area contributed by atoms with Gasteiger partial charge in [-0.2, -0.15) is 0 Å². The third kappa shape index (κ3) is 5.07. The molecule has 22 heavy (non-hydrogen) atoms. The van der Waals surface area contributed by atoms with Gasteiger partial charge in [0.1, 0.15) is 5.60 Å². The molecule has 2 N–H and O–H groups in total. The van der Waals surface area contributed by atoms with Crippen molar-refractivity contribution in [3.05, 3.63) is 46.7 Å². The Morgan fingerprint density at radius 2 is 1.91 bits per heavy atom. The average molecular weight is 318 g/mol. The predicted molar refractivity (Wildman–Crippen MR) is 92.7 cm³/mol. The lowest BCUT2D eigenvalue weighted by Gasteiger charge is -2.20. The Labute approximate surface area is 135 Å². The molecule has 0 aliphatic carbocycles. The van der Waals surface area contributed by atoms with Crippen LogP contribution < -0.4 is 10.6 Å². The van der Waals surface area contributed by atoms with Crippen molar-refractivity contribution in [2.45, 2.75) is 39.3 Å². The Balaban J connectivity index is 1.99. The summed E-state index contributed by atoms with van der Waals surface area (Å²) in [5.74, 6) is 0. The number of thiophene rings is 1. The van der Waals surface area contributed by atoms with Crippen LogP contribution in [0.5, 0.6) is 0 Å². The molecule has 0 saturated carbocycles. The first-order chi connectivity index (χ1) is 10.3. The Bertz CT molecular complexity index is 618. The second-order valence-electron chi connectivity index (χ2n) is 6.09. The van der Waals surface area contributed by atoms with Crippen molar-refractivity contribution in [1.82, 2.24) is 0 Å². The lowest BCUT2D eigenvalue weighted by atomic mass is 10.2. The lowest BCUT2D eigenvalue weighted by molar-refractivity contribution is 0.0636. The molecule has 2 rings (SSSR count). The van der Waals surface area contributed by atoms with E-state index in [1.54, 1.807) is 11.3 Å². The summed E-state index contributed by atoms with van der Waals surface area (Å²) in [6.45, 7) is 7.63. The number of ether oxygens (including phenoxy) is 1. The van der Waals surface area contributed by atoms with Crippen LogP contribution in [0.25, 0.3) is 0 Å². The highest BCUT2D eigenvalue weighted by molar-refractivity contribution is 7.10. The van der Waals surface area contributed by atoms with E-state index in [1.807, 2.05) is 51.1 Å². The third-order valence-corrected chi connectivity index (χ3v) is 3.92. The third-order valence-electron chi connectivity index (χ3n) is 2.86. The Morgan fingerprint density at radius 1 is 1.18 bits per heavy atom. The molecule has 0 bridgehead atoms. The first-order valence-corrected chi connectivity index (χ1v) is 8.11. The van der Waals surface area contributed by atoms with Crippen molar-refractivity contribution < 1.29 is 9.53 Å². The van der Waals surface area contributed by atoms with Crippen LogP contribution >= 0.6 is 11.3 Å². The smallest absolute Gasteiger partial charge is 0.412 e. The highest BCUT2D eigenvalue weighted by Gasteiger charge is 2.16. The summed E-state index contributed by atoms with van der Waals surface area (Å²) >= 11 is 1.72. The zero-order valence-electron chi connectivity index (χ0n) is 13.3. The van der Waals surface area contributed by atoms with Gasteiger partial charge < -0.3 is 10.1 Å². The second-order valence-corrected chi connectivity index (χ2v) is 7.07. The molecule has 1 aromatic carbocycles. The highest BCUT2D eigenvalue weighted by atomic mass is 32.1. The molecule has 0 radical (unpaired) electrons. The lowest BCUT2D eigenvalue weighted by Crippen LogP contribution is -2.27. The van der Waals surface area contributed by atoms with Gasteiger partial charge in [-0.15, -0.1) is 11.3 Å². The van der Waals surface area contributed by atoms with E-state index in [0.29, 0.717) is 5.69 Å². The van der Waals surface area contributed by atoms with Crippen molar-refractivity contribution in [1.29, 1.82) is 0 Å². The summed E-state index contributed by atoms with van der Waals surface area (Å²) in [7, 11) is 0. The topological polar surface area (TPSA) is 50.4 Å². The maximum absolute atomic E-state index is 11.8. The summed E-state index contributed by atoms with van der Waals surface area (Å²) in [6.07, 6.45) is -0.448. The molecule has 1 aromatic heterocycles. The largest absolute Gasteiger partial charge is 0.444 e. The van der Waals surface area contributed by atoms with E-state index in [4.69, 9.17) is 4.74 Å². The molecule has 0 fully saturated rings. The van der Waals surface area contributed by atoms with Crippen LogP contribution in [0.3, 0.4) is 0 Å². The molecule has 4 nitrogen and oxygen atoms in total. The average Bonchev–Trinajstić information content (AvgIpc) is 2.90. The van der Waals surface area contributed by atoms with Crippen molar-refractivity contribution >= 4 is 28.8 Å². The van der Waals surface area contributed by atoms with E-state index in [1.165, 1.54) is 4.88 Å². The van der Waals surface area contributed by atoms with E-state index in [9.17, 15) is 4.79 Å². The van der Waals surface area contributed by atoms with Crippen LogP contribution in [0.1, 0.15) is 38.6 Å². The number of benzene rings is 1. The van der Waals surface area contributed by atoms with Crippen LogP contribution in [0.15, 0.2) is 41.8 Å². The first kappa shape index (κ1) is 16.4. The number of rotatable bonds is 4. The molecule has 1 amide bonds. The van der Waals surface area contributed by atoms with Crippen molar-refractivity contribution in [3.63, 3.8) is 0 Å². The first-order valence-electron chi connectivity index (χ1n) is 7.23. The molecule has 0 aliphatic rings. The van der Waals surface area contributed by atoms with Gasteiger partial charge in [-0.05, 0) is 57.3 Å². The second kappa shape index (κ2) is 6.83. The van der Waals surface area contributed by atoms with Crippen LogP contribution in [-0.4, -0.2) is 11.7 Å². The van der Waals surface area contributed by atoms with E-state index in [2.05, 4.69) is 29.0 Å². The Hall–Kier alpha value is -2.01. The number of amides is 1. The van der Waals surface area contributed by atoms with E-state index in [-0.39, 0.29) is 6.04 Å². The molecule has 118 valence electrons. The normalized spacial score (nSPS) is 12.5. The maximum atomic E-state index is 11.8. The fourth-order valence-corrected chi connectivity index (χ4v) is 2.70. The molecule has 1 atom stereocenters. The minimum atomic E-state index is -0.506. The van der Waals surface area contributed by atoms with Gasteiger partial charge in [-0.25, -0.2) is 4.79 Å². The van der Waals surface area contributed by atoms with Crippen LogP contribution in [0, 0.1) is 0 Å². The van der Waals surface area contributed by atoms with Gasteiger partial charge in [0.15, 0.2) is 0 Å². The molecule has 0 aliphatic heterocycles. The minimum absolute atomic E-state index is 0.219. The van der Waals surface area contributed by atoms with Crippen LogP contribution in [0.4, 0.5) is 16.2 Å². The number of carbonyl (C=O) groups is 1. The zero-order chi connectivity index (χ0) is 16.2. The molecule has 0 spiro atoms. The fraction of sp³-hybridized carbons (Fsp3) is 0.353. The minimum Gasteiger partial charge on any atom is -0.444 e. The van der Waals surface area contributed by atoms with E-state index in [0.717, 1.165) is 5.69 Å². The molecule has 5 heteroatoms. The van der Waals surface area contributed by atoms with Crippen molar-refractivity contribution in [2.24, 2.45) is 0 Å². The van der Waals surface area contributed by atoms with E-state index < -0.39 is 11.7 Å².